The van der Waals surface area contributed by atoms with Crippen LogP contribution in [0.1, 0.15) is 52.9 Å². The summed E-state index contributed by atoms with van der Waals surface area (Å²) in [6.07, 6.45) is 5.78. The van der Waals surface area contributed by atoms with Crippen LogP contribution in [-0.4, -0.2) is 18.4 Å². The Hall–Kier alpha value is 1.38. The van der Waals surface area contributed by atoms with Gasteiger partial charge in [-0.3, -0.25) is 0 Å². The van der Waals surface area contributed by atoms with Crippen molar-refractivity contribution in [2.45, 2.75) is 66.2 Å². The van der Waals surface area contributed by atoms with E-state index in [4.69, 9.17) is 4.74 Å². The molecule has 106 valence electrons. The van der Waals surface area contributed by atoms with Gasteiger partial charge in [-0.25, -0.2) is 0 Å². The van der Waals surface area contributed by atoms with Crippen LogP contribution < -0.4 is 0 Å². The van der Waals surface area contributed by atoms with Gasteiger partial charge in [-0.2, -0.15) is 0 Å². The van der Waals surface area contributed by atoms with E-state index in [0.717, 1.165) is 18.3 Å². The minimum atomic E-state index is -0.692. The van der Waals surface area contributed by atoms with Crippen molar-refractivity contribution in [3.05, 3.63) is 0 Å². The number of halogens is 2. The highest BCUT2D eigenvalue weighted by molar-refractivity contribution is 14.2. The van der Waals surface area contributed by atoms with E-state index in [1.807, 2.05) is 6.92 Å². The fraction of sp³-hybridized carbons (Fsp3) is 1.00. The lowest BCUT2D eigenvalue weighted by atomic mass is 9.75. The Morgan fingerprint density at radius 3 is 2.33 bits per heavy atom. The van der Waals surface area contributed by atoms with Gasteiger partial charge >= 0.3 is 0 Å². The molecule has 2 rings (SSSR count). The van der Waals surface area contributed by atoms with Crippen LogP contribution in [0.15, 0.2) is 0 Å². The molecule has 18 heavy (non-hydrogen) atoms. The van der Waals surface area contributed by atoms with Crippen LogP contribution in [0.5, 0.6) is 0 Å². The maximum Gasteiger partial charge on any atom is 0.178 e. The van der Waals surface area contributed by atoms with Crippen LogP contribution in [-0.2, 0) is 4.74 Å². The molecule has 0 aromatic heterocycles. The normalized spacial score (nSPS) is 36.7. The lowest BCUT2D eigenvalue weighted by Gasteiger charge is -2.42. The lowest BCUT2D eigenvalue weighted by molar-refractivity contribution is -0.204. The number of rotatable bonds is 5. The summed E-state index contributed by atoms with van der Waals surface area (Å²) in [4.78, 5) is 0. The molecule has 0 aromatic carbocycles. The van der Waals surface area contributed by atoms with Gasteiger partial charge in [0, 0.05) is 0 Å². The van der Waals surface area contributed by atoms with Gasteiger partial charge in [-0.1, -0.05) is 58.5 Å². The Labute approximate surface area is 138 Å². The van der Waals surface area contributed by atoms with Crippen molar-refractivity contribution in [3.8, 4) is 0 Å². The third-order valence-corrected chi connectivity index (χ3v) is 6.10. The van der Waals surface area contributed by atoms with Gasteiger partial charge in [0.05, 0.1) is 5.60 Å². The molecule has 0 spiro atoms. The molecule has 0 aromatic rings. The number of hydrogen-bond acceptors (Lipinski definition) is 2. The number of alkyl halides is 2. The fourth-order valence-corrected chi connectivity index (χ4v) is 4.04. The molecule has 5 atom stereocenters. The van der Waals surface area contributed by atoms with Crippen molar-refractivity contribution in [2.24, 2.45) is 17.8 Å². The first kappa shape index (κ1) is 15.8. The van der Waals surface area contributed by atoms with Gasteiger partial charge in [-0.15, -0.1) is 0 Å². The molecule has 0 radical (unpaired) electrons. The first-order valence-corrected chi connectivity index (χ1v) is 9.15. The lowest BCUT2D eigenvalue weighted by Crippen LogP contribution is -2.46. The van der Waals surface area contributed by atoms with Crippen molar-refractivity contribution >= 4 is 45.2 Å². The minimum absolute atomic E-state index is 0.156. The minimum Gasteiger partial charge on any atom is -0.366 e. The number of hydrogen-bond donors (Lipinski definition) is 1. The second kappa shape index (κ2) is 5.64. The summed E-state index contributed by atoms with van der Waals surface area (Å²) in [6.45, 7) is 6.41. The summed E-state index contributed by atoms with van der Waals surface area (Å²) < 4.78 is 5.87. The molecular formula is C14H24I2O2. The summed E-state index contributed by atoms with van der Waals surface area (Å²) in [5, 5.41) is 10.2. The van der Waals surface area contributed by atoms with Crippen LogP contribution in [0.3, 0.4) is 0 Å². The standard InChI is InChI=1S/C14H24I2O2/c1-4-13(2,18-12(17)14(3,15)16)11-8-9-5-6-10(11)7-9/h9-12,17H,4-8H2,1-3H3. The zero-order chi connectivity index (χ0) is 13.6. The van der Waals surface area contributed by atoms with Gasteiger partial charge < -0.3 is 9.84 Å². The van der Waals surface area contributed by atoms with Crippen molar-refractivity contribution in [2.75, 3.05) is 0 Å². The Balaban J connectivity index is 2.06. The van der Waals surface area contributed by atoms with Gasteiger partial charge in [0.25, 0.3) is 0 Å². The van der Waals surface area contributed by atoms with Crippen LogP contribution in [0.25, 0.3) is 0 Å². The molecule has 4 heteroatoms. The highest BCUT2D eigenvalue weighted by Crippen LogP contribution is 2.54. The molecular weight excluding hydrogens is 454 g/mol. The predicted octanol–water partition coefficient (Wildman–Crippen LogP) is 4.51. The molecule has 0 amide bonds. The van der Waals surface area contributed by atoms with E-state index >= 15 is 0 Å². The van der Waals surface area contributed by atoms with E-state index in [1.54, 1.807) is 0 Å². The Bertz CT molecular complexity index is 303. The van der Waals surface area contributed by atoms with E-state index in [9.17, 15) is 5.11 Å². The Kier molecular flexibility index (Phi) is 4.94. The summed E-state index contributed by atoms with van der Waals surface area (Å²) in [6, 6.07) is 0. The number of fused-ring (bicyclic) bond motifs is 2. The molecule has 2 aliphatic rings. The third-order valence-electron chi connectivity index (χ3n) is 5.04. The van der Waals surface area contributed by atoms with Gasteiger partial charge in [0.2, 0.25) is 0 Å². The topological polar surface area (TPSA) is 29.5 Å². The molecule has 2 nitrogen and oxygen atoms in total. The first-order chi connectivity index (χ1) is 8.26. The zero-order valence-electron chi connectivity index (χ0n) is 11.5. The smallest absolute Gasteiger partial charge is 0.178 e. The summed E-state index contributed by atoms with van der Waals surface area (Å²) in [7, 11) is 0. The molecule has 1 N–H and O–H groups in total. The number of ether oxygens (including phenoxy) is 1. The van der Waals surface area contributed by atoms with Crippen LogP contribution in [0.4, 0.5) is 0 Å². The average molecular weight is 478 g/mol. The first-order valence-electron chi connectivity index (χ1n) is 7.00. The molecule has 0 aliphatic heterocycles. The van der Waals surface area contributed by atoms with Crippen molar-refractivity contribution in [3.63, 3.8) is 0 Å². The van der Waals surface area contributed by atoms with Gasteiger partial charge in [-0.05, 0) is 57.3 Å². The molecule has 2 aliphatic carbocycles. The van der Waals surface area contributed by atoms with E-state index in [2.05, 4.69) is 59.0 Å². The molecule has 2 saturated carbocycles. The SMILES string of the molecule is CCC(C)(OC(O)C(C)(I)I)C1CC2CCC1C2. The van der Waals surface area contributed by atoms with E-state index in [1.165, 1.54) is 25.7 Å². The van der Waals surface area contributed by atoms with Gasteiger partial charge in [0.15, 0.2) is 6.29 Å². The van der Waals surface area contributed by atoms with Crippen molar-refractivity contribution in [1.29, 1.82) is 0 Å². The largest absolute Gasteiger partial charge is 0.366 e. The monoisotopic (exact) mass is 478 g/mol. The Morgan fingerprint density at radius 2 is 1.94 bits per heavy atom. The highest BCUT2D eigenvalue weighted by Gasteiger charge is 2.50. The maximum absolute atomic E-state index is 10.2. The fourth-order valence-electron chi connectivity index (χ4n) is 3.78. The van der Waals surface area contributed by atoms with Crippen LogP contribution in [0, 0.1) is 17.8 Å². The van der Waals surface area contributed by atoms with Crippen molar-refractivity contribution in [1.82, 2.24) is 0 Å². The molecule has 0 heterocycles. The van der Waals surface area contributed by atoms with Crippen LogP contribution in [0.2, 0.25) is 0 Å². The zero-order valence-corrected chi connectivity index (χ0v) is 15.8. The highest BCUT2D eigenvalue weighted by atomic mass is 127. The van der Waals surface area contributed by atoms with Crippen molar-refractivity contribution < 1.29 is 9.84 Å². The second-order valence-corrected chi connectivity index (χ2v) is 12.9. The summed E-state index contributed by atoms with van der Waals surface area (Å²) in [5.74, 6) is 2.41. The van der Waals surface area contributed by atoms with Gasteiger partial charge in [0.1, 0.15) is 1.43 Å². The molecule has 5 unspecified atom stereocenters. The molecule has 2 bridgehead atoms. The number of aliphatic hydroxyl groups is 1. The second-order valence-electron chi connectivity index (χ2n) is 6.37. The van der Waals surface area contributed by atoms with E-state index < -0.39 is 6.29 Å². The average Bonchev–Trinajstić information content (AvgIpc) is 2.89. The quantitative estimate of drug-likeness (QED) is 0.358. The number of aliphatic hydroxyl groups excluding tert-OH is 1. The third kappa shape index (κ3) is 3.17. The molecule has 2 fully saturated rings. The summed E-state index contributed by atoms with van der Waals surface area (Å²) in [5.41, 5.74) is -0.156. The Morgan fingerprint density at radius 1 is 1.28 bits per heavy atom. The van der Waals surface area contributed by atoms with Crippen LogP contribution >= 0.6 is 45.2 Å². The molecule has 0 saturated heterocycles. The summed E-state index contributed by atoms with van der Waals surface area (Å²) >= 11 is 4.51. The maximum atomic E-state index is 10.2. The predicted molar refractivity (Wildman–Crippen MR) is 91.2 cm³/mol. The van der Waals surface area contributed by atoms with E-state index in [0.29, 0.717) is 5.92 Å². The van der Waals surface area contributed by atoms with E-state index in [-0.39, 0.29) is 7.03 Å².